The first-order valence-electron chi connectivity index (χ1n) is 0. The van der Waals surface area contributed by atoms with Crippen molar-refractivity contribution in [2.45, 2.75) is 0 Å². The van der Waals surface area contributed by atoms with Gasteiger partial charge in [0.25, 0.3) is 0 Å². The van der Waals surface area contributed by atoms with Crippen molar-refractivity contribution >= 4 is 8.41 Å². The molecule has 0 rings (SSSR count). The standard InChI is InChI=1S/B.Co.Cr.Hf.Pt.Re. The molecule has 0 saturated heterocycles. The minimum absolute atomic E-state index is 0. The Kier molecular flexibility index (Phi) is 394. The molecule has 5 radical (unpaired) electrons. The van der Waals surface area contributed by atoms with Gasteiger partial charge in [-0.3, -0.25) is 0 Å². The SMILES string of the molecule is [B].[Co].[Cr].[Hf].[Pt].[Re]. The number of hydrogen-bond acceptors (Lipinski definition) is 0. The van der Waals surface area contributed by atoms with Crippen LogP contribution in [-0.2, 0) is 101 Å². The molecule has 0 aliphatic rings. The zero-order valence-electron chi connectivity index (χ0n) is 2.51. The maximum absolute atomic E-state index is 0. The van der Waals surface area contributed by atoms with Crippen LogP contribution in [0.5, 0.6) is 0 Å². The van der Waals surface area contributed by atoms with Crippen LogP contribution in [0.15, 0.2) is 0 Å². The summed E-state index contributed by atoms with van der Waals surface area (Å²) in [5.41, 5.74) is 0. The molecule has 6 heavy (non-hydrogen) atoms. The molecule has 0 fully saturated rings. The predicted octanol–water partition coefficient (Wildman–Crippen LogP) is -0.393. The fourth-order valence-electron chi connectivity index (χ4n) is 0. The molecule has 0 bridgehead atoms. The van der Waals surface area contributed by atoms with Crippen molar-refractivity contribution in [3.05, 3.63) is 0 Å². The second-order valence-electron chi connectivity index (χ2n) is 0. The number of hydrogen-bond donors (Lipinski definition) is 0. The first-order valence-corrected chi connectivity index (χ1v) is 0. The van der Waals surface area contributed by atoms with Gasteiger partial charge >= 0.3 is 0 Å². The van der Waals surface area contributed by atoms with Gasteiger partial charge in [-0.05, 0) is 0 Å². The van der Waals surface area contributed by atoms with Crippen molar-refractivity contribution in [2.24, 2.45) is 0 Å². The minimum Gasteiger partial charge on any atom is 0 e. The quantitative estimate of drug-likeness (QED) is 0.306. The third-order valence-electron chi connectivity index (χ3n) is 0. The molecule has 6 heteroatoms. The molecule has 0 aliphatic carbocycles. The van der Waals surface area contributed by atoms with Crippen LogP contribution in [0.1, 0.15) is 0 Å². The van der Waals surface area contributed by atoms with Gasteiger partial charge in [0.15, 0.2) is 0 Å². The van der Waals surface area contributed by atoms with Gasteiger partial charge in [-0.15, -0.1) is 0 Å². The molecular formula is BCoCrHfPtRe. The molecule has 0 nitrogen and oxygen atoms in total. The van der Waals surface area contributed by atoms with Crippen LogP contribution in [0.2, 0.25) is 0 Å². The second-order valence-corrected chi connectivity index (χ2v) is 0. The van der Waals surface area contributed by atoms with E-state index in [2.05, 4.69) is 0 Å². The summed E-state index contributed by atoms with van der Waals surface area (Å²) in [5.74, 6) is 0. The van der Waals surface area contributed by atoms with Gasteiger partial charge in [-0.25, -0.2) is 0 Å². The zero-order valence-corrected chi connectivity index (χ0v) is 13.4. The Morgan fingerprint density at radius 3 is 1.00 bits per heavy atom. The molecule has 0 aliphatic heterocycles. The average molecular weight is 682 g/mol. The fraction of sp³-hybridized carbons (Fsp3) is 0. The van der Waals surface area contributed by atoms with Crippen molar-refractivity contribution in [2.75, 3.05) is 0 Å². The van der Waals surface area contributed by atoms with Gasteiger partial charge in [0, 0.05) is 110 Å². The smallest absolute Gasteiger partial charge is 0 e. The van der Waals surface area contributed by atoms with Crippen LogP contribution >= 0.6 is 0 Å². The molecular weight excluding hydrogens is 682 g/mol. The molecule has 0 aromatic heterocycles. The first kappa shape index (κ1) is 58.5. The summed E-state index contributed by atoms with van der Waals surface area (Å²) in [4.78, 5) is 0. The predicted molar refractivity (Wildman–Crippen MR) is 5.75 cm³/mol. The van der Waals surface area contributed by atoms with E-state index in [4.69, 9.17) is 0 Å². The Bertz CT molecular complexity index is 15.5. The normalized spacial score (nSPS) is 0. The van der Waals surface area contributed by atoms with E-state index in [9.17, 15) is 0 Å². The monoisotopic (exact) mass is 684 g/mol. The summed E-state index contributed by atoms with van der Waals surface area (Å²) in [6.45, 7) is 0. The van der Waals surface area contributed by atoms with E-state index in [0.29, 0.717) is 0 Å². The molecule has 0 aromatic carbocycles. The van der Waals surface area contributed by atoms with Crippen molar-refractivity contribution in [3.8, 4) is 0 Å². The topological polar surface area (TPSA) is 0 Å². The largest absolute Gasteiger partial charge is 0 e. The summed E-state index contributed by atoms with van der Waals surface area (Å²) < 4.78 is 0. The maximum atomic E-state index is 0. The fourth-order valence-corrected chi connectivity index (χ4v) is 0. The van der Waals surface area contributed by atoms with Crippen molar-refractivity contribution in [3.63, 3.8) is 0 Å². The average Bonchev–Trinajstić information content (AvgIpc) is 0. The third-order valence-corrected chi connectivity index (χ3v) is 0. The number of rotatable bonds is 0. The van der Waals surface area contributed by atoms with Crippen LogP contribution in [0.3, 0.4) is 0 Å². The van der Waals surface area contributed by atoms with Gasteiger partial charge in [-0.2, -0.15) is 0 Å². The van der Waals surface area contributed by atoms with Gasteiger partial charge in [0.05, 0.1) is 0 Å². The summed E-state index contributed by atoms with van der Waals surface area (Å²) in [5, 5.41) is 0. The van der Waals surface area contributed by atoms with Gasteiger partial charge in [0.1, 0.15) is 0 Å². The molecule has 0 spiro atoms. The zero-order chi connectivity index (χ0) is 0. The molecule has 0 amide bonds. The van der Waals surface area contributed by atoms with Crippen molar-refractivity contribution < 1.29 is 101 Å². The van der Waals surface area contributed by atoms with Gasteiger partial charge in [0.2, 0.25) is 0 Å². The van der Waals surface area contributed by atoms with Gasteiger partial charge < -0.3 is 0 Å². The van der Waals surface area contributed by atoms with E-state index in [1.165, 1.54) is 0 Å². The van der Waals surface area contributed by atoms with Gasteiger partial charge in [-0.1, -0.05) is 0 Å². The van der Waals surface area contributed by atoms with E-state index >= 15 is 0 Å². The Labute approximate surface area is 108 Å². The molecule has 0 heterocycles. The molecule has 0 atom stereocenters. The Hall–Kier alpha value is 3.32. The third kappa shape index (κ3) is 26.5. The summed E-state index contributed by atoms with van der Waals surface area (Å²) in [7, 11) is 0. The second kappa shape index (κ2) is 40.4. The molecule has 0 N–H and O–H groups in total. The molecule has 39 valence electrons. The van der Waals surface area contributed by atoms with E-state index in [0.717, 1.165) is 0 Å². The Morgan fingerprint density at radius 2 is 1.00 bits per heavy atom. The summed E-state index contributed by atoms with van der Waals surface area (Å²) >= 11 is 0. The van der Waals surface area contributed by atoms with E-state index in [1.54, 1.807) is 0 Å². The van der Waals surface area contributed by atoms with Crippen LogP contribution in [0, 0.1) is 0 Å². The maximum Gasteiger partial charge on any atom is 0 e. The van der Waals surface area contributed by atoms with Crippen molar-refractivity contribution in [1.82, 2.24) is 0 Å². The van der Waals surface area contributed by atoms with E-state index in [-0.39, 0.29) is 110 Å². The van der Waals surface area contributed by atoms with Crippen LogP contribution in [0.4, 0.5) is 0 Å². The van der Waals surface area contributed by atoms with E-state index < -0.39 is 0 Å². The molecule has 0 saturated carbocycles. The van der Waals surface area contributed by atoms with E-state index in [1.807, 2.05) is 0 Å². The van der Waals surface area contributed by atoms with Crippen LogP contribution in [0.25, 0.3) is 0 Å². The summed E-state index contributed by atoms with van der Waals surface area (Å²) in [6, 6.07) is 0. The summed E-state index contributed by atoms with van der Waals surface area (Å²) in [6.07, 6.45) is 0. The van der Waals surface area contributed by atoms with Crippen molar-refractivity contribution in [1.29, 1.82) is 0 Å². The Morgan fingerprint density at radius 1 is 1.00 bits per heavy atom. The van der Waals surface area contributed by atoms with Crippen LogP contribution < -0.4 is 0 Å². The molecule has 0 unspecified atom stereocenters. The molecule has 0 aromatic rings. The Balaban J connectivity index is 0. The minimum atomic E-state index is 0. The van der Waals surface area contributed by atoms with Crippen LogP contribution in [-0.4, -0.2) is 8.41 Å². The first-order chi connectivity index (χ1) is 0.